The van der Waals surface area contributed by atoms with Crippen molar-refractivity contribution >= 4 is 56.5 Å². The molecule has 15 rings (SSSR count). The first-order valence-electron chi connectivity index (χ1n) is 43.6. The summed E-state index contributed by atoms with van der Waals surface area (Å²) < 4.78 is 285. The molecule has 0 radical (unpaired) electrons. The Hall–Kier alpha value is -9.45. The molecule has 1 aliphatic heterocycles. The van der Waals surface area contributed by atoms with Crippen molar-refractivity contribution in [2.45, 2.75) is 78.5 Å². The van der Waals surface area contributed by atoms with Crippen LogP contribution < -0.4 is 24.9 Å². The van der Waals surface area contributed by atoms with Gasteiger partial charge in [-0.15, -0.1) is 29.7 Å². The average molecular weight is 1400 g/mol. The van der Waals surface area contributed by atoms with E-state index >= 15 is 0 Å². The van der Waals surface area contributed by atoms with Gasteiger partial charge in [0.15, 0.2) is 0 Å². The van der Waals surface area contributed by atoms with Crippen molar-refractivity contribution in [3.8, 4) is 73.2 Å². The number of hydrogen-bond acceptors (Lipinski definition) is 2. The maximum absolute atomic E-state index is 10.3. The molecular formula is C84H70N4OPtSi-2. The molecule has 0 bridgehead atoms. The predicted octanol–water partition coefficient (Wildman–Crippen LogP) is 18.5. The van der Waals surface area contributed by atoms with Gasteiger partial charge in [0.1, 0.15) is 13.9 Å². The first-order chi connectivity index (χ1) is 55.7. The van der Waals surface area contributed by atoms with Crippen LogP contribution in [0.4, 0.5) is 0 Å². The zero-order valence-corrected chi connectivity index (χ0v) is 53.2. The van der Waals surface area contributed by atoms with Gasteiger partial charge in [0.2, 0.25) is 0 Å². The Kier molecular flexibility index (Phi) is 8.92. The molecule has 0 unspecified atom stereocenters. The van der Waals surface area contributed by atoms with Crippen molar-refractivity contribution in [1.82, 2.24) is 14.1 Å². The topological polar surface area (TPSA) is 35.9 Å². The summed E-state index contributed by atoms with van der Waals surface area (Å²) >= 11 is 0. The van der Waals surface area contributed by atoms with Gasteiger partial charge in [0.25, 0.3) is 6.33 Å². The number of aryl methyl sites for hydroxylation is 3. The fourth-order valence-electron chi connectivity index (χ4n) is 12.4. The molecule has 0 saturated heterocycles. The second kappa shape index (κ2) is 23.4. The molecule has 5 nitrogen and oxygen atoms in total. The third-order valence-electron chi connectivity index (χ3n) is 16.7. The van der Waals surface area contributed by atoms with Crippen LogP contribution in [0, 0.1) is 32.2 Å². The minimum atomic E-state index is -5.66. The van der Waals surface area contributed by atoms with Gasteiger partial charge < -0.3 is 13.9 Å². The number of fused-ring (bicyclic) bond motifs is 10. The Bertz CT molecular complexity index is 6490. The number of nitrogens with zero attached hydrogens (tertiary/aromatic N) is 4. The zero-order chi connectivity index (χ0) is 86.5. The van der Waals surface area contributed by atoms with E-state index in [0.717, 1.165) is 21.9 Å². The molecule has 0 saturated carbocycles. The molecule has 0 N–H and O–H groups in total. The average Bonchev–Trinajstić information content (AvgIpc) is 1.38. The van der Waals surface area contributed by atoms with E-state index in [-0.39, 0.29) is 93.8 Å². The van der Waals surface area contributed by atoms with Crippen molar-refractivity contribution in [3.05, 3.63) is 301 Å². The molecule has 14 aromatic rings. The van der Waals surface area contributed by atoms with Crippen molar-refractivity contribution in [2.75, 3.05) is 0 Å². The Morgan fingerprint density at radius 3 is 1.77 bits per heavy atom. The van der Waals surface area contributed by atoms with Crippen molar-refractivity contribution in [2.24, 2.45) is 0 Å². The first kappa shape index (κ1) is 34.7. The van der Waals surface area contributed by atoms with Crippen LogP contribution in [-0.2, 0) is 38.3 Å². The number of para-hydroxylation sites is 1. The summed E-state index contributed by atoms with van der Waals surface area (Å²) in [7, 11) is -5.66. The number of benzene rings is 11. The molecule has 0 spiro atoms. The van der Waals surface area contributed by atoms with E-state index < -0.39 is 228 Å². The van der Waals surface area contributed by atoms with Crippen LogP contribution in [0.25, 0.3) is 94.5 Å². The number of imidazole rings is 1. The van der Waals surface area contributed by atoms with Gasteiger partial charge in [0, 0.05) is 52.5 Å². The number of aromatic nitrogens is 4. The summed E-state index contributed by atoms with van der Waals surface area (Å²) in [5.74, 6) is 0.862. The quantitative estimate of drug-likeness (QED) is 0.0560. The Labute approximate surface area is 591 Å². The van der Waals surface area contributed by atoms with Gasteiger partial charge >= 0.3 is 0 Å². The minimum Gasteiger partial charge on any atom is -0.510 e. The number of rotatable bonds is 11. The van der Waals surface area contributed by atoms with Gasteiger partial charge in [0.05, 0.1) is 48.2 Å². The van der Waals surface area contributed by atoms with Gasteiger partial charge in [-0.05, 0) is 161 Å². The molecule has 0 atom stereocenters. The van der Waals surface area contributed by atoms with E-state index in [0.29, 0.717) is 11.3 Å². The molecular weight excluding hydrogens is 1300 g/mol. The number of ether oxygens (including phenoxy) is 1. The monoisotopic (exact) mass is 1400 g/mol. The second-order valence-electron chi connectivity index (χ2n) is 24.2. The summed E-state index contributed by atoms with van der Waals surface area (Å²) in [6.07, 6.45) is 4.64. The number of pyridine rings is 1. The van der Waals surface area contributed by atoms with Crippen LogP contribution in [0.1, 0.15) is 109 Å². The van der Waals surface area contributed by atoms with Crippen LogP contribution in [0.2, 0.25) is 6.04 Å². The van der Waals surface area contributed by atoms with Crippen molar-refractivity contribution < 1.29 is 70.1 Å². The first-order valence-corrected chi connectivity index (χ1v) is 31.3. The summed E-state index contributed by atoms with van der Waals surface area (Å²) in [6.45, 7) is 5.58. The normalized spacial score (nSPS) is 17.0. The molecule has 91 heavy (non-hydrogen) atoms. The van der Waals surface area contributed by atoms with E-state index in [1.807, 2.05) is 47.0 Å². The third-order valence-corrected chi connectivity index (χ3v) is 21.0. The van der Waals surface area contributed by atoms with Gasteiger partial charge in [-0.1, -0.05) is 240 Å². The van der Waals surface area contributed by atoms with Crippen LogP contribution in [0.5, 0.6) is 11.5 Å². The zero-order valence-electron chi connectivity index (χ0n) is 78.9. The summed E-state index contributed by atoms with van der Waals surface area (Å²) in [5, 5.41) is -0.541. The Balaban J connectivity index is 0.0000118. The van der Waals surface area contributed by atoms with Crippen molar-refractivity contribution in [3.63, 3.8) is 0 Å². The second-order valence-corrected chi connectivity index (χ2v) is 28.0. The third kappa shape index (κ3) is 10.4. The Morgan fingerprint density at radius 1 is 0.549 bits per heavy atom. The van der Waals surface area contributed by atoms with E-state index in [2.05, 4.69) is 39.2 Å². The van der Waals surface area contributed by atoms with Gasteiger partial charge in [-0.2, -0.15) is 18.2 Å². The number of hydrogen-bond donors (Lipinski definition) is 0. The molecule has 4 heterocycles. The largest absolute Gasteiger partial charge is 0.510 e. The predicted molar refractivity (Wildman–Crippen MR) is 375 cm³/mol. The maximum Gasteiger partial charge on any atom is 0.268 e. The summed E-state index contributed by atoms with van der Waals surface area (Å²) in [5.41, 5.74) is -2.18. The van der Waals surface area contributed by atoms with E-state index in [1.165, 1.54) is 39.5 Å². The maximum atomic E-state index is 10.3. The van der Waals surface area contributed by atoms with E-state index in [9.17, 15) is 27.4 Å². The SMILES string of the molecule is [2H]c1c([2H])c([2H])c([Si](CCc2cc3c4c(c2)n(-c2[c-]c(Oc5[c-]c6c(cc5)c5ccccc5n6-c5cc(C(C)(C)C)ccn5)ccc2)[c-][n+]4-c2c(cc(-c4c(C([2H])([2H])[2H])cccc4C([2H])([2H])[2H])cc2C(C)(C)C)-c2c([2H])c([2H])c([2H])c([2H])c2-c2c([2H])c([2H])c([2H])c([2H])c2-3)(c2c([2H])c([2H])c([2H])c([2H])c2[2H])c2c([2H])c([2H])c([2H])c([2H])c2[2H])c([2H])c1[2H].[Pt]. The molecule has 448 valence electrons. The van der Waals surface area contributed by atoms with E-state index in [4.69, 9.17) is 22.1 Å². The van der Waals surface area contributed by atoms with Crippen LogP contribution >= 0.6 is 0 Å². The molecule has 3 aromatic heterocycles. The molecule has 0 aliphatic carbocycles. The standard InChI is InChI=1S/C84H70N4OSi.Pt/c1-56-26-24-27-57(2)80(56)59-50-74-70-39-21-19-37-68(70)67-36-18-20-38-69(67)73-48-58(45-47-90(64-30-12-9-13-31-64,65-32-14-10-15-33-65)66-34-16-11-17-35-66)49-78-82(73)87(81(74)75(51-59)84(6,7)8)55-86(78)61-28-25-29-62(53-61)89-63-42-43-72-71-40-22-23-41-76(71)88(77(72)54-63)79-52-60(44-46-85-79)83(3,4)5;/h9-44,46,48-52H,45,47H2,1-8H3;/q-2;/i1D3,2D3,9D,10D,11D,12D,13D,14D,15D,16D,17D,18D,19D,20D,21D,30D,31D,32D,33D,34D,35D,36D,37D,38D,39D;. The smallest absolute Gasteiger partial charge is 0.268 e. The summed E-state index contributed by atoms with van der Waals surface area (Å²) in [4.78, 5) is 4.84. The van der Waals surface area contributed by atoms with E-state index in [1.54, 1.807) is 63.4 Å². The van der Waals surface area contributed by atoms with Gasteiger partial charge in [-0.3, -0.25) is 4.57 Å². The molecule has 7 heteroatoms. The van der Waals surface area contributed by atoms with Crippen LogP contribution in [0.3, 0.4) is 0 Å². The van der Waals surface area contributed by atoms with Crippen LogP contribution in [-0.4, -0.2) is 22.2 Å². The fourth-order valence-corrected chi connectivity index (χ4v) is 16.2. The van der Waals surface area contributed by atoms with Gasteiger partial charge in [-0.25, -0.2) is 4.98 Å². The molecule has 0 fully saturated rings. The minimum absolute atomic E-state index is 0. The Morgan fingerprint density at radius 2 is 1.14 bits per heavy atom. The fraction of sp³-hybridized carbons (Fsp3) is 0.143. The summed E-state index contributed by atoms with van der Waals surface area (Å²) in [6, 6.07) is 14.3. The molecule has 1 aliphatic rings. The molecule has 0 amide bonds. The molecule has 11 aromatic carbocycles. The van der Waals surface area contributed by atoms with Crippen LogP contribution in [0.15, 0.2) is 254 Å². The van der Waals surface area contributed by atoms with Crippen molar-refractivity contribution in [1.29, 1.82) is 0 Å².